The lowest BCUT2D eigenvalue weighted by atomic mass is 9.90. The molecular weight excluding hydrogens is 288 g/mol. The van der Waals surface area contributed by atoms with Crippen LogP contribution in [0.1, 0.15) is 31.7 Å². The molecule has 0 spiro atoms. The number of piperidine rings is 1. The first-order chi connectivity index (χ1) is 8.64. The SMILES string of the molecule is CC(C#N)(Cc1ccc(Br)cc1)N1CCCCC1. The van der Waals surface area contributed by atoms with E-state index in [-0.39, 0.29) is 5.54 Å². The molecule has 0 amide bonds. The van der Waals surface area contributed by atoms with Crippen LogP contribution in [0.4, 0.5) is 0 Å². The summed E-state index contributed by atoms with van der Waals surface area (Å²) in [4.78, 5) is 2.35. The van der Waals surface area contributed by atoms with E-state index < -0.39 is 0 Å². The molecule has 1 aromatic rings. The van der Waals surface area contributed by atoms with Crippen molar-refractivity contribution >= 4 is 15.9 Å². The summed E-state index contributed by atoms with van der Waals surface area (Å²) >= 11 is 3.44. The number of hydrogen-bond donors (Lipinski definition) is 0. The third-order valence-electron chi connectivity index (χ3n) is 3.76. The second kappa shape index (κ2) is 5.86. The molecule has 18 heavy (non-hydrogen) atoms. The van der Waals surface area contributed by atoms with Crippen LogP contribution in [0.25, 0.3) is 0 Å². The van der Waals surface area contributed by atoms with Crippen LogP contribution in [0, 0.1) is 11.3 Å². The summed E-state index contributed by atoms with van der Waals surface area (Å²) in [7, 11) is 0. The fraction of sp³-hybridized carbons (Fsp3) is 0.533. The third kappa shape index (κ3) is 3.13. The minimum atomic E-state index is -0.367. The second-order valence-electron chi connectivity index (χ2n) is 5.24. The zero-order valence-electron chi connectivity index (χ0n) is 10.8. The van der Waals surface area contributed by atoms with Gasteiger partial charge in [0.1, 0.15) is 5.54 Å². The van der Waals surface area contributed by atoms with Crippen molar-refractivity contribution < 1.29 is 0 Å². The Hall–Kier alpha value is -0.850. The Labute approximate surface area is 118 Å². The lowest BCUT2D eigenvalue weighted by Crippen LogP contribution is -2.49. The smallest absolute Gasteiger partial charge is 0.110 e. The predicted molar refractivity (Wildman–Crippen MR) is 77.3 cm³/mol. The van der Waals surface area contributed by atoms with Gasteiger partial charge in [-0.25, -0.2) is 0 Å². The number of nitrogens with zero attached hydrogens (tertiary/aromatic N) is 2. The van der Waals surface area contributed by atoms with Crippen LogP contribution in [0.2, 0.25) is 0 Å². The zero-order valence-corrected chi connectivity index (χ0v) is 12.4. The standard InChI is InChI=1S/C15H19BrN2/c1-15(12-17,18-9-3-2-4-10-18)11-13-5-7-14(16)8-6-13/h5-8H,2-4,9-11H2,1H3. The fourth-order valence-electron chi connectivity index (χ4n) is 2.61. The summed E-state index contributed by atoms with van der Waals surface area (Å²) in [6, 6.07) is 10.8. The Balaban J connectivity index is 2.12. The lowest BCUT2D eigenvalue weighted by molar-refractivity contribution is 0.124. The maximum atomic E-state index is 9.55. The van der Waals surface area contributed by atoms with Gasteiger partial charge in [0.25, 0.3) is 0 Å². The molecule has 2 rings (SSSR count). The average Bonchev–Trinajstić information content (AvgIpc) is 2.42. The zero-order chi connectivity index (χ0) is 13.0. The first-order valence-corrected chi connectivity index (χ1v) is 7.34. The minimum absolute atomic E-state index is 0.367. The van der Waals surface area contributed by atoms with Gasteiger partial charge in [-0.1, -0.05) is 34.5 Å². The van der Waals surface area contributed by atoms with Gasteiger partial charge in [0.05, 0.1) is 6.07 Å². The molecule has 0 radical (unpaired) electrons. The summed E-state index contributed by atoms with van der Waals surface area (Å²) in [6.45, 7) is 4.18. The highest BCUT2D eigenvalue weighted by molar-refractivity contribution is 9.10. The van der Waals surface area contributed by atoms with Crippen LogP contribution >= 0.6 is 15.9 Å². The summed E-state index contributed by atoms with van der Waals surface area (Å²) in [5, 5.41) is 9.55. The van der Waals surface area contributed by atoms with E-state index in [2.05, 4.69) is 46.0 Å². The van der Waals surface area contributed by atoms with Crippen LogP contribution in [-0.4, -0.2) is 23.5 Å². The summed E-state index contributed by atoms with van der Waals surface area (Å²) in [5.74, 6) is 0. The van der Waals surface area contributed by atoms with Crippen LogP contribution in [-0.2, 0) is 6.42 Å². The van der Waals surface area contributed by atoms with E-state index >= 15 is 0 Å². The molecule has 0 N–H and O–H groups in total. The molecule has 1 aliphatic heterocycles. The molecule has 0 bridgehead atoms. The first kappa shape index (κ1) is 13.6. The first-order valence-electron chi connectivity index (χ1n) is 6.55. The van der Waals surface area contributed by atoms with Crippen LogP contribution < -0.4 is 0 Å². The Kier molecular flexibility index (Phi) is 4.42. The Morgan fingerprint density at radius 1 is 1.22 bits per heavy atom. The van der Waals surface area contributed by atoms with Crippen molar-refractivity contribution in [2.75, 3.05) is 13.1 Å². The number of nitriles is 1. The molecular formula is C15H19BrN2. The Morgan fingerprint density at radius 2 is 1.83 bits per heavy atom. The molecule has 96 valence electrons. The topological polar surface area (TPSA) is 27.0 Å². The fourth-order valence-corrected chi connectivity index (χ4v) is 2.87. The molecule has 1 aliphatic rings. The Morgan fingerprint density at radius 3 is 2.39 bits per heavy atom. The number of hydrogen-bond acceptors (Lipinski definition) is 2. The van der Waals surface area contributed by atoms with E-state index in [1.807, 2.05) is 12.1 Å². The van der Waals surface area contributed by atoms with Crippen molar-refractivity contribution in [3.63, 3.8) is 0 Å². The van der Waals surface area contributed by atoms with E-state index in [1.165, 1.54) is 24.8 Å². The minimum Gasteiger partial charge on any atom is -0.285 e. The van der Waals surface area contributed by atoms with Gasteiger partial charge in [-0.2, -0.15) is 5.26 Å². The molecule has 3 heteroatoms. The lowest BCUT2D eigenvalue weighted by Gasteiger charge is -2.38. The number of halogens is 1. The van der Waals surface area contributed by atoms with E-state index in [9.17, 15) is 5.26 Å². The van der Waals surface area contributed by atoms with Gasteiger partial charge in [-0.05, 0) is 50.6 Å². The summed E-state index contributed by atoms with van der Waals surface area (Å²) in [6.07, 6.45) is 4.54. The normalized spacial score (nSPS) is 20.1. The Bertz CT molecular complexity index is 429. The van der Waals surface area contributed by atoms with Gasteiger partial charge in [0.15, 0.2) is 0 Å². The van der Waals surface area contributed by atoms with Gasteiger partial charge in [-0.3, -0.25) is 4.90 Å². The molecule has 1 unspecified atom stereocenters. The van der Waals surface area contributed by atoms with Crippen molar-refractivity contribution in [1.82, 2.24) is 4.90 Å². The second-order valence-corrected chi connectivity index (χ2v) is 6.15. The maximum Gasteiger partial charge on any atom is 0.110 e. The van der Waals surface area contributed by atoms with Crippen LogP contribution in [0.5, 0.6) is 0 Å². The van der Waals surface area contributed by atoms with Gasteiger partial charge in [-0.15, -0.1) is 0 Å². The van der Waals surface area contributed by atoms with Crippen LogP contribution in [0.15, 0.2) is 28.7 Å². The third-order valence-corrected chi connectivity index (χ3v) is 4.29. The van der Waals surface area contributed by atoms with E-state index in [1.54, 1.807) is 0 Å². The predicted octanol–water partition coefficient (Wildman–Crippen LogP) is 3.76. The highest BCUT2D eigenvalue weighted by Gasteiger charge is 2.32. The number of rotatable bonds is 3. The van der Waals surface area contributed by atoms with Crippen LogP contribution in [0.3, 0.4) is 0 Å². The van der Waals surface area contributed by atoms with E-state index in [0.717, 1.165) is 24.0 Å². The molecule has 1 saturated heterocycles. The quantitative estimate of drug-likeness (QED) is 0.850. The molecule has 1 fully saturated rings. The number of benzene rings is 1. The molecule has 0 aliphatic carbocycles. The maximum absolute atomic E-state index is 9.55. The molecule has 2 nitrogen and oxygen atoms in total. The summed E-state index contributed by atoms with van der Waals surface area (Å²) in [5.41, 5.74) is 0.863. The van der Waals surface area contributed by atoms with E-state index in [0.29, 0.717) is 0 Å². The highest BCUT2D eigenvalue weighted by Crippen LogP contribution is 2.25. The van der Waals surface area contributed by atoms with Gasteiger partial charge < -0.3 is 0 Å². The monoisotopic (exact) mass is 306 g/mol. The summed E-state index contributed by atoms with van der Waals surface area (Å²) < 4.78 is 1.09. The molecule has 0 aromatic heterocycles. The number of likely N-dealkylation sites (tertiary alicyclic amines) is 1. The van der Waals surface area contributed by atoms with E-state index in [4.69, 9.17) is 0 Å². The van der Waals surface area contributed by atoms with Gasteiger partial charge in [0.2, 0.25) is 0 Å². The van der Waals surface area contributed by atoms with Crippen molar-refractivity contribution in [2.45, 2.75) is 38.1 Å². The van der Waals surface area contributed by atoms with Gasteiger partial charge >= 0.3 is 0 Å². The van der Waals surface area contributed by atoms with Crippen molar-refractivity contribution in [3.8, 4) is 6.07 Å². The molecule has 0 saturated carbocycles. The van der Waals surface area contributed by atoms with Crippen molar-refractivity contribution in [3.05, 3.63) is 34.3 Å². The average molecular weight is 307 g/mol. The highest BCUT2D eigenvalue weighted by atomic mass is 79.9. The van der Waals surface area contributed by atoms with Crippen molar-refractivity contribution in [1.29, 1.82) is 5.26 Å². The van der Waals surface area contributed by atoms with Gasteiger partial charge in [0, 0.05) is 10.9 Å². The molecule has 1 atom stereocenters. The molecule has 1 heterocycles. The van der Waals surface area contributed by atoms with Crippen molar-refractivity contribution in [2.24, 2.45) is 0 Å². The largest absolute Gasteiger partial charge is 0.285 e. The molecule has 1 aromatic carbocycles.